The zero-order valence-corrected chi connectivity index (χ0v) is 25.6. The van der Waals surface area contributed by atoms with Gasteiger partial charge >= 0.3 is 6.03 Å². The van der Waals surface area contributed by atoms with Crippen LogP contribution in [-0.2, 0) is 21.5 Å². The Hall–Kier alpha value is -4.97. The Morgan fingerprint density at radius 2 is 1.39 bits per heavy atom. The summed E-state index contributed by atoms with van der Waals surface area (Å²) >= 11 is 0. The topological polar surface area (TPSA) is 71.4 Å². The second-order valence-electron chi connectivity index (χ2n) is 14.1. The van der Waals surface area contributed by atoms with Crippen LogP contribution in [0.25, 0.3) is 27.8 Å². The number of para-hydroxylation sites is 1. The number of rotatable bonds is 5. The zero-order chi connectivity index (χ0) is 31.0. The number of carbonyl (C=O) groups is 3. The number of urea groups is 1. The number of imide groups is 2. The lowest BCUT2D eigenvalue weighted by molar-refractivity contribution is -0.122. The average Bonchev–Trinajstić information content (AvgIpc) is 3.39. The summed E-state index contributed by atoms with van der Waals surface area (Å²) in [6.45, 7) is 0.631. The highest BCUT2D eigenvalue weighted by Crippen LogP contribution is 2.60. The van der Waals surface area contributed by atoms with E-state index < -0.39 is 17.8 Å². The number of barbiturate groups is 1. The molecule has 0 radical (unpaired) electrons. The first-order valence-electron chi connectivity index (χ1n) is 16.5. The van der Waals surface area contributed by atoms with Crippen molar-refractivity contribution >= 4 is 51.3 Å². The quantitative estimate of drug-likeness (QED) is 0.163. The van der Waals surface area contributed by atoms with Crippen LogP contribution in [-0.4, -0.2) is 22.4 Å². The minimum atomic E-state index is -0.715. The van der Waals surface area contributed by atoms with E-state index in [1.165, 1.54) is 60.4 Å². The molecular weight excluding hydrogens is 570 g/mol. The minimum absolute atomic E-state index is 0.0576. The van der Waals surface area contributed by atoms with Crippen molar-refractivity contribution < 1.29 is 14.4 Å². The van der Waals surface area contributed by atoms with E-state index in [4.69, 9.17) is 0 Å². The van der Waals surface area contributed by atoms with Gasteiger partial charge in [-0.25, -0.2) is 9.69 Å². The van der Waals surface area contributed by atoms with Gasteiger partial charge in [0.25, 0.3) is 11.8 Å². The van der Waals surface area contributed by atoms with Crippen LogP contribution >= 0.6 is 0 Å². The minimum Gasteiger partial charge on any atom is -0.342 e. The second-order valence-corrected chi connectivity index (χ2v) is 14.1. The molecule has 10 rings (SSSR count). The van der Waals surface area contributed by atoms with E-state index in [0.29, 0.717) is 12.2 Å². The third-order valence-electron chi connectivity index (χ3n) is 11.2. The third kappa shape index (κ3) is 4.34. The molecule has 1 aliphatic heterocycles. The van der Waals surface area contributed by atoms with Crippen molar-refractivity contribution in [3.05, 3.63) is 119 Å². The highest BCUT2D eigenvalue weighted by molar-refractivity contribution is 6.39. The number of nitrogens with zero attached hydrogens (tertiary/aromatic N) is 2. The first kappa shape index (κ1) is 27.3. The van der Waals surface area contributed by atoms with Crippen LogP contribution in [0, 0.1) is 17.8 Å². The Labute approximate surface area is 267 Å². The molecule has 46 heavy (non-hydrogen) atoms. The van der Waals surface area contributed by atoms with Gasteiger partial charge in [0.2, 0.25) is 0 Å². The van der Waals surface area contributed by atoms with Gasteiger partial charge < -0.3 is 4.57 Å². The SMILES string of the molecule is O=C1NC(=O)N(c2ccc(C34CC5CC(CC(C5)C3)C4)cc2)C(=O)/C1=C/c1cn(Cc2cccc3ccccc23)c2ccccc12. The fourth-order valence-electron chi connectivity index (χ4n) is 9.61. The molecule has 1 saturated heterocycles. The monoisotopic (exact) mass is 605 g/mol. The molecule has 4 bridgehead atoms. The summed E-state index contributed by atoms with van der Waals surface area (Å²) in [4.78, 5) is 41.2. The Morgan fingerprint density at radius 1 is 0.739 bits per heavy atom. The van der Waals surface area contributed by atoms with Crippen LogP contribution in [0.1, 0.15) is 55.2 Å². The van der Waals surface area contributed by atoms with Crippen molar-refractivity contribution in [3.63, 3.8) is 0 Å². The summed E-state index contributed by atoms with van der Waals surface area (Å²) in [5, 5.41) is 5.72. The summed E-state index contributed by atoms with van der Waals surface area (Å²) in [6.07, 6.45) is 11.5. The summed E-state index contributed by atoms with van der Waals surface area (Å²) in [5.41, 5.74) is 4.90. The van der Waals surface area contributed by atoms with E-state index in [2.05, 4.69) is 52.3 Å². The first-order valence-corrected chi connectivity index (χ1v) is 16.5. The van der Waals surface area contributed by atoms with Gasteiger partial charge in [0.05, 0.1) is 5.69 Å². The first-order chi connectivity index (χ1) is 22.4. The van der Waals surface area contributed by atoms with Crippen molar-refractivity contribution in [3.8, 4) is 0 Å². The van der Waals surface area contributed by atoms with Gasteiger partial charge in [0.1, 0.15) is 5.57 Å². The zero-order valence-electron chi connectivity index (χ0n) is 25.6. The lowest BCUT2D eigenvalue weighted by Crippen LogP contribution is -2.54. The molecule has 4 aliphatic carbocycles. The van der Waals surface area contributed by atoms with E-state index >= 15 is 0 Å². The van der Waals surface area contributed by atoms with Gasteiger partial charge in [-0.15, -0.1) is 0 Å². The normalized spacial score (nSPS) is 26.4. The van der Waals surface area contributed by atoms with Crippen LogP contribution in [0.5, 0.6) is 0 Å². The maximum atomic E-state index is 13.9. The molecule has 228 valence electrons. The largest absolute Gasteiger partial charge is 0.342 e. The summed E-state index contributed by atoms with van der Waals surface area (Å²) in [7, 11) is 0. The smallest absolute Gasteiger partial charge is 0.335 e. The van der Waals surface area contributed by atoms with E-state index in [1.54, 1.807) is 6.08 Å². The van der Waals surface area contributed by atoms with Crippen molar-refractivity contribution in [1.82, 2.24) is 9.88 Å². The number of aromatic nitrogens is 1. The Morgan fingerprint density at radius 3 is 2.13 bits per heavy atom. The number of nitrogens with one attached hydrogen (secondary N) is 1. The van der Waals surface area contributed by atoms with Crippen molar-refractivity contribution in [1.29, 1.82) is 0 Å². The number of hydrogen-bond donors (Lipinski definition) is 1. The number of anilines is 1. The maximum Gasteiger partial charge on any atom is 0.335 e. The van der Waals surface area contributed by atoms with E-state index in [-0.39, 0.29) is 11.0 Å². The second kappa shape index (κ2) is 10.3. The lowest BCUT2D eigenvalue weighted by atomic mass is 9.48. The van der Waals surface area contributed by atoms with E-state index in [0.717, 1.165) is 39.1 Å². The standard InChI is InChI=1S/C40H35N3O3/c44-37-35(19-30-24-42(36-11-4-3-10-34(30)36)23-29-8-5-7-28-6-1-2-9-33(28)29)38(45)43(39(46)41-37)32-14-12-31(13-15-32)40-20-25-16-26(21-40)18-27(17-25)22-40/h1-15,19,24-27H,16-18,20-23H2,(H,41,44,46)/b35-19+. The van der Waals surface area contributed by atoms with Gasteiger partial charge in [0, 0.05) is 29.2 Å². The number of amides is 4. The van der Waals surface area contributed by atoms with Gasteiger partial charge in [0.15, 0.2) is 0 Å². The van der Waals surface area contributed by atoms with Crippen LogP contribution < -0.4 is 10.2 Å². The van der Waals surface area contributed by atoms with E-state index in [9.17, 15) is 14.4 Å². The van der Waals surface area contributed by atoms with Gasteiger partial charge in [-0.3, -0.25) is 14.9 Å². The van der Waals surface area contributed by atoms with Gasteiger partial charge in [-0.1, -0.05) is 72.8 Å². The summed E-state index contributed by atoms with van der Waals surface area (Å²) in [6, 6.07) is 29.9. The predicted molar refractivity (Wildman–Crippen MR) is 180 cm³/mol. The molecule has 4 saturated carbocycles. The van der Waals surface area contributed by atoms with Crippen LogP contribution in [0.4, 0.5) is 10.5 Å². The molecule has 2 heterocycles. The van der Waals surface area contributed by atoms with Crippen molar-refractivity contribution in [2.45, 2.75) is 50.5 Å². The molecule has 6 heteroatoms. The highest BCUT2D eigenvalue weighted by Gasteiger charge is 2.51. The molecule has 5 aliphatic rings. The summed E-state index contributed by atoms with van der Waals surface area (Å²) < 4.78 is 2.15. The maximum absolute atomic E-state index is 13.9. The molecule has 6 nitrogen and oxygen atoms in total. The number of fused-ring (bicyclic) bond motifs is 2. The average molecular weight is 606 g/mol. The highest BCUT2D eigenvalue weighted by atomic mass is 16.2. The molecule has 0 unspecified atom stereocenters. The Balaban J connectivity index is 1.04. The number of carbonyl (C=O) groups excluding carboxylic acids is 3. The third-order valence-corrected chi connectivity index (χ3v) is 11.2. The van der Waals surface area contributed by atoms with Gasteiger partial charge in [-0.2, -0.15) is 0 Å². The Bertz CT molecular complexity index is 2060. The molecule has 5 aromatic rings. The molecule has 1 N–H and O–H groups in total. The van der Waals surface area contributed by atoms with Crippen LogP contribution in [0.3, 0.4) is 0 Å². The molecule has 4 aromatic carbocycles. The van der Waals surface area contributed by atoms with Crippen molar-refractivity contribution in [2.75, 3.05) is 4.90 Å². The lowest BCUT2D eigenvalue weighted by Gasteiger charge is -2.57. The number of hydrogen-bond acceptors (Lipinski definition) is 3. The molecule has 5 fully saturated rings. The molecular formula is C40H35N3O3. The molecule has 4 amide bonds. The van der Waals surface area contributed by atoms with Crippen LogP contribution in [0.2, 0.25) is 0 Å². The fraction of sp³-hybridized carbons (Fsp3) is 0.275. The molecule has 0 spiro atoms. The number of benzene rings is 4. The van der Waals surface area contributed by atoms with Gasteiger partial charge in [-0.05, 0) is 108 Å². The molecule has 0 atom stereocenters. The predicted octanol–water partition coefficient (Wildman–Crippen LogP) is 7.98. The molecule has 1 aromatic heterocycles. The fourth-order valence-corrected chi connectivity index (χ4v) is 9.61. The van der Waals surface area contributed by atoms with E-state index in [1.807, 2.05) is 54.7 Å². The summed E-state index contributed by atoms with van der Waals surface area (Å²) in [5.74, 6) is 1.20. The Kier molecular flexibility index (Phi) is 6.11. The van der Waals surface area contributed by atoms with Crippen molar-refractivity contribution in [2.24, 2.45) is 17.8 Å². The van der Waals surface area contributed by atoms with Crippen LogP contribution in [0.15, 0.2) is 103 Å².